The van der Waals surface area contributed by atoms with E-state index >= 15 is 0 Å². The highest BCUT2D eigenvalue weighted by Crippen LogP contribution is 2.35. The van der Waals surface area contributed by atoms with Gasteiger partial charge in [0.1, 0.15) is 5.76 Å². The maximum Gasteiger partial charge on any atom is 0.175 e. The van der Waals surface area contributed by atoms with E-state index in [2.05, 4.69) is 34.9 Å². The average Bonchev–Trinajstić information content (AvgIpc) is 2.69. The van der Waals surface area contributed by atoms with Crippen LogP contribution in [0.5, 0.6) is 0 Å². The lowest BCUT2D eigenvalue weighted by atomic mass is 10.0. The second kappa shape index (κ2) is 5.57. The summed E-state index contributed by atoms with van der Waals surface area (Å²) in [4.78, 5) is 0. The molecule has 0 fully saturated rings. The normalized spacial score (nSPS) is 11.1. The summed E-state index contributed by atoms with van der Waals surface area (Å²) in [6.07, 6.45) is 1.92. The lowest BCUT2D eigenvalue weighted by Gasteiger charge is -2.06. The first-order chi connectivity index (χ1) is 8.59. The van der Waals surface area contributed by atoms with Crippen molar-refractivity contribution in [1.29, 1.82) is 0 Å². The van der Waals surface area contributed by atoms with Crippen molar-refractivity contribution in [2.24, 2.45) is 5.92 Å². The van der Waals surface area contributed by atoms with Crippen molar-refractivity contribution < 1.29 is 4.52 Å². The lowest BCUT2D eigenvalue weighted by molar-refractivity contribution is 0.376. The van der Waals surface area contributed by atoms with Gasteiger partial charge in [0.15, 0.2) is 5.82 Å². The topological polar surface area (TPSA) is 52.0 Å². The molecule has 0 amide bonds. The van der Waals surface area contributed by atoms with Crippen LogP contribution in [-0.4, -0.2) is 5.16 Å². The third-order valence-electron chi connectivity index (χ3n) is 2.88. The number of anilines is 1. The van der Waals surface area contributed by atoms with E-state index in [1.54, 1.807) is 0 Å². The Hall–Kier alpha value is -1.29. The molecule has 0 aliphatic carbocycles. The number of halogens is 1. The first-order valence-electron chi connectivity index (χ1n) is 6.08. The van der Waals surface area contributed by atoms with Gasteiger partial charge >= 0.3 is 0 Å². The summed E-state index contributed by atoms with van der Waals surface area (Å²) in [5.41, 5.74) is 7.88. The second-order valence-electron chi connectivity index (χ2n) is 4.78. The lowest BCUT2D eigenvalue weighted by Crippen LogP contribution is -1.94. The highest BCUT2D eigenvalue weighted by molar-refractivity contribution is 9.10. The van der Waals surface area contributed by atoms with Crippen LogP contribution in [0, 0.1) is 5.92 Å². The molecule has 2 aromatic rings. The van der Waals surface area contributed by atoms with E-state index in [4.69, 9.17) is 10.3 Å². The maximum absolute atomic E-state index is 5.92. The Labute approximate surface area is 115 Å². The molecule has 0 unspecified atom stereocenters. The van der Waals surface area contributed by atoms with Crippen molar-refractivity contribution in [2.45, 2.75) is 26.7 Å². The molecule has 0 aliphatic rings. The van der Waals surface area contributed by atoms with Crippen molar-refractivity contribution >= 4 is 21.7 Å². The first kappa shape index (κ1) is 13.1. The number of nitrogens with two attached hydrogens (primary N) is 1. The van der Waals surface area contributed by atoms with E-state index in [0.29, 0.717) is 11.7 Å². The minimum absolute atomic E-state index is 0.459. The molecule has 0 radical (unpaired) electrons. The van der Waals surface area contributed by atoms with Crippen LogP contribution in [0.15, 0.2) is 33.3 Å². The number of benzene rings is 1. The molecular weight excluding hydrogens is 292 g/mol. The summed E-state index contributed by atoms with van der Waals surface area (Å²) in [6, 6.07) is 7.98. The molecule has 2 N–H and O–H groups in total. The fourth-order valence-electron chi connectivity index (χ4n) is 1.88. The van der Waals surface area contributed by atoms with Crippen molar-refractivity contribution in [3.8, 4) is 11.1 Å². The Bertz CT molecular complexity index is 534. The van der Waals surface area contributed by atoms with Gasteiger partial charge in [-0.3, -0.25) is 0 Å². The molecule has 0 aliphatic heterocycles. The molecule has 1 heterocycles. The molecule has 0 atom stereocenters. The van der Waals surface area contributed by atoms with Crippen LogP contribution in [0.4, 0.5) is 5.82 Å². The third-order valence-corrected chi connectivity index (χ3v) is 3.57. The standard InChI is InChI=1S/C14H17BrN2O/c1-9(2)7-8-12-13(14(16)17-18-12)10-5-3-4-6-11(10)15/h3-6,9H,7-8H2,1-2H3,(H2,16,17). The van der Waals surface area contributed by atoms with Crippen LogP contribution in [0.2, 0.25) is 0 Å². The van der Waals surface area contributed by atoms with Crippen LogP contribution in [0.1, 0.15) is 26.0 Å². The van der Waals surface area contributed by atoms with E-state index in [1.165, 1.54) is 0 Å². The third kappa shape index (κ3) is 2.75. The SMILES string of the molecule is CC(C)CCc1onc(N)c1-c1ccccc1Br. The van der Waals surface area contributed by atoms with Gasteiger partial charge < -0.3 is 10.3 Å². The zero-order chi connectivity index (χ0) is 13.1. The van der Waals surface area contributed by atoms with Gasteiger partial charge in [0, 0.05) is 16.5 Å². The molecule has 0 saturated heterocycles. The first-order valence-corrected chi connectivity index (χ1v) is 6.87. The van der Waals surface area contributed by atoms with Gasteiger partial charge in [-0.25, -0.2) is 0 Å². The monoisotopic (exact) mass is 308 g/mol. The van der Waals surface area contributed by atoms with Crippen LogP contribution in [0.25, 0.3) is 11.1 Å². The quantitative estimate of drug-likeness (QED) is 0.917. The molecule has 0 bridgehead atoms. The molecule has 2 rings (SSSR count). The Morgan fingerprint density at radius 1 is 1.33 bits per heavy atom. The summed E-state index contributed by atoms with van der Waals surface area (Å²) < 4.78 is 6.36. The summed E-state index contributed by atoms with van der Waals surface area (Å²) in [6.45, 7) is 4.38. The molecular formula is C14H17BrN2O. The molecule has 1 aromatic heterocycles. The van der Waals surface area contributed by atoms with Gasteiger partial charge in [-0.2, -0.15) is 0 Å². The van der Waals surface area contributed by atoms with E-state index in [-0.39, 0.29) is 0 Å². The molecule has 96 valence electrons. The molecule has 0 saturated carbocycles. The summed E-state index contributed by atoms with van der Waals surface area (Å²) in [7, 11) is 0. The van der Waals surface area contributed by atoms with Crippen molar-refractivity contribution in [3.05, 3.63) is 34.5 Å². The summed E-state index contributed by atoms with van der Waals surface area (Å²) in [5, 5.41) is 3.89. The van der Waals surface area contributed by atoms with E-state index < -0.39 is 0 Å². The van der Waals surface area contributed by atoms with E-state index in [0.717, 1.165) is 34.2 Å². The number of rotatable bonds is 4. The van der Waals surface area contributed by atoms with E-state index in [9.17, 15) is 0 Å². The Morgan fingerprint density at radius 2 is 2.06 bits per heavy atom. The van der Waals surface area contributed by atoms with Gasteiger partial charge in [-0.05, 0) is 18.4 Å². The smallest absolute Gasteiger partial charge is 0.175 e. The fraction of sp³-hybridized carbons (Fsp3) is 0.357. The van der Waals surface area contributed by atoms with Crippen LogP contribution < -0.4 is 5.73 Å². The fourth-order valence-corrected chi connectivity index (χ4v) is 2.36. The summed E-state index contributed by atoms with van der Waals surface area (Å²) in [5.74, 6) is 1.96. The zero-order valence-electron chi connectivity index (χ0n) is 10.6. The number of hydrogen-bond donors (Lipinski definition) is 1. The van der Waals surface area contributed by atoms with Crippen LogP contribution in [0.3, 0.4) is 0 Å². The van der Waals surface area contributed by atoms with Gasteiger partial charge in [0.2, 0.25) is 0 Å². The highest BCUT2D eigenvalue weighted by atomic mass is 79.9. The van der Waals surface area contributed by atoms with Crippen molar-refractivity contribution in [1.82, 2.24) is 5.16 Å². The average molecular weight is 309 g/mol. The van der Waals surface area contributed by atoms with Crippen LogP contribution >= 0.6 is 15.9 Å². The van der Waals surface area contributed by atoms with Crippen molar-refractivity contribution in [3.63, 3.8) is 0 Å². The van der Waals surface area contributed by atoms with Gasteiger partial charge in [0.05, 0.1) is 5.56 Å². The Balaban J connectivity index is 2.38. The maximum atomic E-state index is 5.92. The zero-order valence-corrected chi connectivity index (χ0v) is 12.2. The molecule has 4 heteroatoms. The minimum Gasteiger partial charge on any atom is -0.380 e. The number of nitrogen functional groups attached to an aromatic ring is 1. The number of nitrogens with zero attached hydrogens (tertiary/aromatic N) is 1. The minimum atomic E-state index is 0.459. The predicted octanol–water partition coefficient (Wildman–Crippen LogP) is 4.27. The number of aryl methyl sites for hydroxylation is 1. The van der Waals surface area contributed by atoms with Gasteiger partial charge in [-0.15, -0.1) is 0 Å². The highest BCUT2D eigenvalue weighted by Gasteiger charge is 2.17. The number of aromatic nitrogens is 1. The molecule has 1 aromatic carbocycles. The Morgan fingerprint density at radius 3 is 2.72 bits per heavy atom. The number of hydrogen-bond acceptors (Lipinski definition) is 3. The molecule has 0 spiro atoms. The largest absolute Gasteiger partial charge is 0.380 e. The van der Waals surface area contributed by atoms with Crippen LogP contribution in [-0.2, 0) is 6.42 Å². The Kier molecular flexibility index (Phi) is 4.07. The summed E-state index contributed by atoms with van der Waals surface area (Å²) >= 11 is 3.54. The van der Waals surface area contributed by atoms with Gasteiger partial charge in [0.25, 0.3) is 0 Å². The molecule has 3 nitrogen and oxygen atoms in total. The second-order valence-corrected chi connectivity index (χ2v) is 5.63. The van der Waals surface area contributed by atoms with E-state index in [1.807, 2.05) is 24.3 Å². The molecule has 18 heavy (non-hydrogen) atoms. The van der Waals surface area contributed by atoms with Crippen molar-refractivity contribution in [2.75, 3.05) is 5.73 Å². The van der Waals surface area contributed by atoms with Gasteiger partial charge in [-0.1, -0.05) is 53.1 Å². The predicted molar refractivity (Wildman–Crippen MR) is 77.2 cm³/mol.